The van der Waals surface area contributed by atoms with Crippen LogP contribution in [0.2, 0.25) is 5.02 Å². The van der Waals surface area contributed by atoms with Gasteiger partial charge in [0.2, 0.25) is 0 Å². The molecule has 0 unspecified atom stereocenters. The smallest absolute Gasteiger partial charge is 0.430 e. The Balaban J connectivity index is 1.75. The number of halogens is 1. The Hall–Kier alpha value is -2.26. The molecule has 0 fully saturated rings. The topological polar surface area (TPSA) is 35.5 Å². The molecule has 0 heterocycles. The van der Waals surface area contributed by atoms with Crippen LogP contribution in [0, 0.1) is 0 Å². The lowest BCUT2D eigenvalue weighted by atomic mass is 10.2. The molecule has 0 amide bonds. The van der Waals surface area contributed by atoms with Crippen LogP contribution in [-0.4, -0.2) is 12.8 Å². The summed E-state index contributed by atoms with van der Waals surface area (Å²) >= 11 is 5.78. The Morgan fingerprint density at radius 1 is 1.05 bits per heavy atom. The van der Waals surface area contributed by atoms with E-state index in [1.807, 2.05) is 24.3 Å². The molecule has 0 aliphatic carbocycles. The van der Waals surface area contributed by atoms with Crippen molar-refractivity contribution in [2.45, 2.75) is 0 Å². The van der Waals surface area contributed by atoms with E-state index in [1.165, 1.54) is 0 Å². The van der Waals surface area contributed by atoms with E-state index < -0.39 is 6.16 Å². The second-order valence-corrected chi connectivity index (χ2v) is 4.37. The van der Waals surface area contributed by atoms with E-state index in [9.17, 15) is 4.79 Å². The molecule has 0 spiro atoms. The highest BCUT2D eigenvalue weighted by Crippen LogP contribution is 2.11. The minimum atomic E-state index is -0.725. The number of hydrogen-bond acceptors (Lipinski definition) is 3. The average Bonchev–Trinajstić information content (AvgIpc) is 2.46. The van der Waals surface area contributed by atoms with Crippen molar-refractivity contribution in [2.75, 3.05) is 6.61 Å². The summed E-state index contributed by atoms with van der Waals surface area (Å²) in [6, 6.07) is 16.1. The van der Waals surface area contributed by atoms with Crippen LogP contribution in [0.3, 0.4) is 0 Å². The van der Waals surface area contributed by atoms with Crippen LogP contribution in [0.1, 0.15) is 5.56 Å². The van der Waals surface area contributed by atoms with Crippen molar-refractivity contribution in [2.24, 2.45) is 0 Å². The third-order valence-electron chi connectivity index (χ3n) is 2.42. The number of carbonyl (C=O) groups is 1. The van der Waals surface area contributed by atoms with Crippen LogP contribution in [0.15, 0.2) is 60.7 Å². The summed E-state index contributed by atoms with van der Waals surface area (Å²) in [4.78, 5) is 11.4. The van der Waals surface area contributed by atoms with Gasteiger partial charge in [0.05, 0.1) is 0 Å². The minimum Gasteiger partial charge on any atom is -0.430 e. The Bertz CT molecular complexity index is 576. The summed E-state index contributed by atoms with van der Waals surface area (Å²) in [5, 5.41) is 0.685. The molecule has 0 aliphatic rings. The molecule has 0 N–H and O–H groups in total. The first-order valence-electron chi connectivity index (χ1n) is 6.06. The van der Waals surface area contributed by atoms with E-state index in [0.29, 0.717) is 10.8 Å². The molecule has 20 heavy (non-hydrogen) atoms. The molecule has 0 saturated carbocycles. The maximum absolute atomic E-state index is 11.4. The number of benzene rings is 2. The van der Waals surface area contributed by atoms with Crippen LogP contribution in [0.5, 0.6) is 5.75 Å². The van der Waals surface area contributed by atoms with E-state index in [0.717, 1.165) is 5.56 Å². The van der Waals surface area contributed by atoms with Crippen LogP contribution in [0.4, 0.5) is 4.79 Å². The molecular formula is C16H13ClO3. The van der Waals surface area contributed by atoms with E-state index in [4.69, 9.17) is 21.1 Å². The van der Waals surface area contributed by atoms with Gasteiger partial charge >= 0.3 is 6.16 Å². The Morgan fingerprint density at radius 3 is 2.45 bits per heavy atom. The van der Waals surface area contributed by atoms with Crippen LogP contribution < -0.4 is 4.74 Å². The first-order chi connectivity index (χ1) is 9.74. The molecule has 4 heteroatoms. The zero-order valence-corrected chi connectivity index (χ0v) is 11.4. The zero-order chi connectivity index (χ0) is 14.2. The normalized spacial score (nSPS) is 10.4. The second-order valence-electron chi connectivity index (χ2n) is 3.93. The largest absolute Gasteiger partial charge is 0.514 e. The van der Waals surface area contributed by atoms with Gasteiger partial charge in [-0.25, -0.2) is 4.79 Å². The SMILES string of the molecule is O=C(OC/C=C/c1ccc(Cl)cc1)Oc1ccccc1. The summed E-state index contributed by atoms with van der Waals surface area (Å²) in [5.41, 5.74) is 0.981. The molecular weight excluding hydrogens is 276 g/mol. The molecule has 2 rings (SSSR count). The number of ether oxygens (including phenoxy) is 2. The van der Waals surface area contributed by atoms with E-state index in [2.05, 4.69) is 0 Å². The molecule has 0 bridgehead atoms. The minimum absolute atomic E-state index is 0.147. The molecule has 3 nitrogen and oxygen atoms in total. The van der Waals surface area contributed by atoms with Crippen molar-refractivity contribution in [3.63, 3.8) is 0 Å². The van der Waals surface area contributed by atoms with Gasteiger partial charge in [0, 0.05) is 5.02 Å². The lowest BCUT2D eigenvalue weighted by Crippen LogP contribution is -2.10. The second kappa shape index (κ2) is 7.36. The summed E-state index contributed by atoms with van der Waals surface area (Å²) in [7, 11) is 0. The number of hydrogen-bond donors (Lipinski definition) is 0. The molecule has 0 radical (unpaired) electrons. The Morgan fingerprint density at radius 2 is 1.75 bits per heavy atom. The average molecular weight is 289 g/mol. The van der Waals surface area contributed by atoms with Gasteiger partial charge in [0.1, 0.15) is 12.4 Å². The fraction of sp³-hybridized carbons (Fsp3) is 0.0625. The maximum atomic E-state index is 11.4. The Kier molecular flexibility index (Phi) is 5.21. The van der Waals surface area contributed by atoms with Gasteiger partial charge in [0.15, 0.2) is 0 Å². The lowest BCUT2D eigenvalue weighted by molar-refractivity contribution is 0.110. The predicted octanol–water partition coefficient (Wildman–Crippen LogP) is 4.57. The van der Waals surface area contributed by atoms with Gasteiger partial charge in [-0.05, 0) is 35.9 Å². The molecule has 0 aromatic heterocycles. The molecule has 0 aliphatic heterocycles. The van der Waals surface area contributed by atoms with Crippen molar-refractivity contribution in [1.29, 1.82) is 0 Å². The van der Waals surface area contributed by atoms with Gasteiger partial charge in [-0.1, -0.05) is 48.0 Å². The van der Waals surface area contributed by atoms with Crippen LogP contribution in [0.25, 0.3) is 6.08 Å². The van der Waals surface area contributed by atoms with E-state index in [-0.39, 0.29) is 6.61 Å². The van der Waals surface area contributed by atoms with Crippen molar-refractivity contribution >= 4 is 23.8 Å². The van der Waals surface area contributed by atoms with Gasteiger partial charge in [-0.3, -0.25) is 0 Å². The van der Waals surface area contributed by atoms with Crippen molar-refractivity contribution < 1.29 is 14.3 Å². The standard InChI is InChI=1S/C16H13ClO3/c17-14-10-8-13(9-11-14)5-4-12-19-16(18)20-15-6-2-1-3-7-15/h1-11H,12H2/b5-4+. The highest BCUT2D eigenvalue weighted by atomic mass is 35.5. The van der Waals surface area contributed by atoms with Gasteiger partial charge in [-0.2, -0.15) is 0 Å². The monoisotopic (exact) mass is 288 g/mol. The van der Waals surface area contributed by atoms with E-state index >= 15 is 0 Å². The first kappa shape index (κ1) is 14.2. The summed E-state index contributed by atoms with van der Waals surface area (Å²) in [6.45, 7) is 0.147. The molecule has 2 aromatic rings. The van der Waals surface area contributed by atoms with Crippen LogP contribution >= 0.6 is 11.6 Å². The summed E-state index contributed by atoms with van der Waals surface area (Å²) < 4.78 is 9.89. The molecule has 2 aromatic carbocycles. The highest BCUT2D eigenvalue weighted by Gasteiger charge is 2.03. The fourth-order valence-corrected chi connectivity index (χ4v) is 1.61. The maximum Gasteiger partial charge on any atom is 0.514 e. The van der Waals surface area contributed by atoms with E-state index in [1.54, 1.807) is 42.5 Å². The van der Waals surface area contributed by atoms with Crippen molar-refractivity contribution in [3.05, 3.63) is 71.3 Å². The third kappa shape index (κ3) is 4.78. The molecule has 0 atom stereocenters. The number of rotatable bonds is 4. The summed E-state index contributed by atoms with van der Waals surface area (Å²) in [6.07, 6.45) is 2.85. The van der Waals surface area contributed by atoms with Crippen LogP contribution in [-0.2, 0) is 4.74 Å². The predicted molar refractivity (Wildman–Crippen MR) is 78.9 cm³/mol. The zero-order valence-electron chi connectivity index (χ0n) is 10.7. The van der Waals surface area contributed by atoms with Crippen molar-refractivity contribution in [3.8, 4) is 5.75 Å². The van der Waals surface area contributed by atoms with Gasteiger partial charge in [-0.15, -0.1) is 0 Å². The Labute approximate surface area is 122 Å². The van der Waals surface area contributed by atoms with Gasteiger partial charge < -0.3 is 9.47 Å². The number of para-hydroxylation sites is 1. The first-order valence-corrected chi connectivity index (χ1v) is 6.43. The third-order valence-corrected chi connectivity index (χ3v) is 2.67. The molecule has 0 saturated heterocycles. The summed E-state index contributed by atoms with van der Waals surface area (Å²) in [5.74, 6) is 0.458. The number of carbonyl (C=O) groups excluding carboxylic acids is 1. The van der Waals surface area contributed by atoms with Gasteiger partial charge in [0.25, 0.3) is 0 Å². The van der Waals surface area contributed by atoms with Crippen molar-refractivity contribution in [1.82, 2.24) is 0 Å². The highest BCUT2D eigenvalue weighted by molar-refractivity contribution is 6.30. The fourth-order valence-electron chi connectivity index (χ4n) is 1.49. The quantitative estimate of drug-likeness (QED) is 0.611. The lowest BCUT2D eigenvalue weighted by Gasteiger charge is -2.03. The molecule has 102 valence electrons.